The van der Waals surface area contributed by atoms with Crippen molar-refractivity contribution in [3.8, 4) is 0 Å². The van der Waals surface area contributed by atoms with Gasteiger partial charge in [0.05, 0.1) is 5.69 Å². The molecule has 1 fully saturated rings. The number of hydrogen-bond donors (Lipinski definition) is 3. The number of guanidine groups is 1. The van der Waals surface area contributed by atoms with Crippen molar-refractivity contribution in [2.45, 2.75) is 65.0 Å². The van der Waals surface area contributed by atoms with Crippen molar-refractivity contribution in [1.82, 2.24) is 20.9 Å². The van der Waals surface area contributed by atoms with Crippen molar-refractivity contribution in [3.05, 3.63) is 102 Å². The average Bonchev–Trinajstić information content (AvgIpc) is 3.02. The minimum absolute atomic E-state index is 0.0243. The molecule has 4 rings (SSSR count). The maximum absolute atomic E-state index is 13.1. The minimum Gasteiger partial charge on any atom is -0.444 e. The van der Waals surface area contributed by atoms with Crippen LogP contribution >= 0.6 is 0 Å². The quantitative estimate of drug-likeness (QED) is 0.168. The highest BCUT2D eigenvalue weighted by Gasteiger charge is 2.31. The molecule has 4 amide bonds. The Labute approximate surface area is 268 Å². The van der Waals surface area contributed by atoms with Gasteiger partial charge in [0.25, 0.3) is 0 Å². The Balaban J connectivity index is 1.39. The van der Waals surface area contributed by atoms with Crippen LogP contribution in [0.4, 0.5) is 20.1 Å². The van der Waals surface area contributed by atoms with Gasteiger partial charge < -0.3 is 24.4 Å². The summed E-state index contributed by atoms with van der Waals surface area (Å²) >= 11 is 0. The van der Waals surface area contributed by atoms with Gasteiger partial charge in [-0.15, -0.1) is 0 Å². The van der Waals surface area contributed by atoms with Crippen LogP contribution in [0.3, 0.4) is 0 Å². The van der Waals surface area contributed by atoms with Gasteiger partial charge in [0.2, 0.25) is 11.9 Å². The molecule has 1 unspecified atom stereocenters. The fraction of sp³-hybridized carbons (Fsp3) is 0.324. The van der Waals surface area contributed by atoms with E-state index in [9.17, 15) is 19.2 Å². The fourth-order valence-electron chi connectivity index (χ4n) is 4.51. The second kappa shape index (κ2) is 16.1. The topological polar surface area (TPSA) is 148 Å². The third kappa shape index (κ3) is 11.3. The first-order valence-corrected chi connectivity index (χ1v) is 15.0. The lowest BCUT2D eigenvalue weighted by atomic mass is 10.0. The van der Waals surface area contributed by atoms with Crippen LogP contribution in [-0.4, -0.2) is 53.2 Å². The van der Waals surface area contributed by atoms with E-state index in [1.54, 1.807) is 49.9 Å². The molecule has 0 radical (unpaired) electrons. The molecule has 3 aromatic carbocycles. The zero-order valence-electron chi connectivity index (χ0n) is 26.2. The number of nitrogens with one attached hydrogen (secondary N) is 3. The smallest absolute Gasteiger partial charge is 0.414 e. The van der Waals surface area contributed by atoms with E-state index in [2.05, 4.69) is 20.9 Å². The Hall–Kier alpha value is -5.39. The first kappa shape index (κ1) is 33.5. The van der Waals surface area contributed by atoms with E-state index in [4.69, 9.17) is 14.2 Å². The molecule has 1 atom stereocenters. The molecule has 1 aliphatic rings. The Morgan fingerprint density at radius 2 is 1.33 bits per heavy atom. The highest BCUT2D eigenvalue weighted by molar-refractivity contribution is 6.02. The van der Waals surface area contributed by atoms with Crippen LogP contribution in [0.15, 0.2) is 89.9 Å². The maximum Gasteiger partial charge on any atom is 0.414 e. The van der Waals surface area contributed by atoms with E-state index in [-0.39, 0.29) is 25.1 Å². The molecule has 12 nitrogen and oxygen atoms in total. The number of rotatable bonds is 8. The second-order valence-electron chi connectivity index (χ2n) is 11.6. The van der Waals surface area contributed by atoms with E-state index in [1.807, 2.05) is 60.7 Å². The molecule has 12 heteroatoms. The number of nitrogens with zero attached hydrogens (tertiary/aromatic N) is 2. The predicted molar refractivity (Wildman–Crippen MR) is 171 cm³/mol. The number of hydrogen-bond acceptors (Lipinski definition) is 8. The van der Waals surface area contributed by atoms with Gasteiger partial charge in [0, 0.05) is 13.1 Å². The highest BCUT2D eigenvalue weighted by Crippen LogP contribution is 2.19. The number of likely N-dealkylation sites (tertiary alicyclic amines) is 1. The van der Waals surface area contributed by atoms with E-state index in [0.717, 1.165) is 23.1 Å². The number of ether oxygens (including phenoxy) is 3. The zero-order valence-corrected chi connectivity index (χ0v) is 26.2. The van der Waals surface area contributed by atoms with Crippen LogP contribution in [0.5, 0.6) is 0 Å². The van der Waals surface area contributed by atoms with Crippen LogP contribution < -0.4 is 16.0 Å². The van der Waals surface area contributed by atoms with Gasteiger partial charge in [-0.05, 0) is 62.4 Å². The standard InChI is InChI=1S/C34H39N5O7/c1-34(2,3)46-33(43)36-28-15-10-20-39(29(28)40)21-24-16-18-27(19-17-24)35-30(37-31(41)44-22-25-11-6-4-7-12-25)38-32(42)45-23-26-13-8-5-9-14-26/h4-9,11-14,16-19,28H,10,15,20-23H2,1-3H3,(H,36,43)(H2,35,37,38,41,42). The average molecular weight is 630 g/mol. The molecule has 0 aliphatic carbocycles. The van der Waals surface area contributed by atoms with Gasteiger partial charge >= 0.3 is 18.3 Å². The summed E-state index contributed by atoms with van der Waals surface area (Å²) in [6, 6.07) is 24.6. The molecule has 242 valence electrons. The van der Waals surface area contributed by atoms with Crippen molar-refractivity contribution < 1.29 is 33.4 Å². The molecule has 1 heterocycles. The summed E-state index contributed by atoms with van der Waals surface area (Å²) in [5.41, 5.74) is 2.17. The van der Waals surface area contributed by atoms with Gasteiger partial charge in [0.15, 0.2) is 0 Å². The summed E-state index contributed by atoms with van der Waals surface area (Å²) in [6.07, 6.45) is -0.995. The monoisotopic (exact) mass is 629 g/mol. The largest absolute Gasteiger partial charge is 0.444 e. The van der Waals surface area contributed by atoms with E-state index in [1.165, 1.54) is 0 Å². The summed E-state index contributed by atoms with van der Waals surface area (Å²) in [7, 11) is 0. The molecular formula is C34H39N5O7. The lowest BCUT2D eigenvalue weighted by Gasteiger charge is -2.33. The summed E-state index contributed by atoms with van der Waals surface area (Å²) in [6.45, 7) is 6.22. The fourth-order valence-corrected chi connectivity index (χ4v) is 4.51. The van der Waals surface area contributed by atoms with E-state index in [0.29, 0.717) is 25.2 Å². The van der Waals surface area contributed by atoms with Crippen LogP contribution in [0.25, 0.3) is 0 Å². The molecule has 1 saturated heterocycles. The summed E-state index contributed by atoms with van der Waals surface area (Å²) in [4.78, 5) is 56.5. The molecule has 3 aromatic rings. The highest BCUT2D eigenvalue weighted by atomic mass is 16.6. The first-order chi connectivity index (χ1) is 22.0. The van der Waals surface area contributed by atoms with Gasteiger partial charge in [-0.3, -0.25) is 15.4 Å². The predicted octanol–water partition coefficient (Wildman–Crippen LogP) is 5.54. The van der Waals surface area contributed by atoms with Gasteiger partial charge in [-0.25, -0.2) is 19.4 Å². The number of amides is 4. The van der Waals surface area contributed by atoms with Gasteiger partial charge in [-0.2, -0.15) is 0 Å². The van der Waals surface area contributed by atoms with Crippen LogP contribution in [0.1, 0.15) is 50.3 Å². The minimum atomic E-state index is -0.819. The summed E-state index contributed by atoms with van der Waals surface area (Å²) in [5, 5.41) is 7.61. The lowest BCUT2D eigenvalue weighted by molar-refractivity contribution is -0.136. The van der Waals surface area contributed by atoms with Crippen molar-refractivity contribution in [3.63, 3.8) is 0 Å². The van der Waals surface area contributed by atoms with Crippen molar-refractivity contribution >= 4 is 35.8 Å². The van der Waals surface area contributed by atoms with E-state index < -0.39 is 29.9 Å². The third-order valence-electron chi connectivity index (χ3n) is 6.64. The van der Waals surface area contributed by atoms with Gasteiger partial charge in [0.1, 0.15) is 24.9 Å². The van der Waals surface area contributed by atoms with Crippen molar-refractivity contribution in [1.29, 1.82) is 0 Å². The third-order valence-corrected chi connectivity index (χ3v) is 6.64. The number of carbonyl (C=O) groups excluding carboxylic acids is 4. The summed E-state index contributed by atoms with van der Waals surface area (Å²) < 4.78 is 15.9. The molecular weight excluding hydrogens is 590 g/mol. The van der Waals surface area contributed by atoms with Crippen LogP contribution in [0, 0.1) is 0 Å². The molecule has 46 heavy (non-hydrogen) atoms. The SMILES string of the molecule is CC(C)(C)OC(=O)NC1CCCN(Cc2ccc(N=C(NC(=O)OCc3ccccc3)NC(=O)OCc3ccccc3)cc2)C1=O. The molecule has 1 aliphatic heterocycles. The van der Waals surface area contributed by atoms with Crippen LogP contribution in [0.2, 0.25) is 0 Å². The molecule has 3 N–H and O–H groups in total. The Morgan fingerprint density at radius 3 is 1.85 bits per heavy atom. The first-order valence-electron chi connectivity index (χ1n) is 15.0. The number of carbonyl (C=O) groups is 4. The number of aliphatic imine (C=N–C) groups is 1. The molecule has 0 spiro atoms. The normalized spacial score (nSPS) is 14.5. The van der Waals surface area contributed by atoms with Crippen LogP contribution in [-0.2, 0) is 38.8 Å². The van der Waals surface area contributed by atoms with Crippen molar-refractivity contribution in [2.75, 3.05) is 6.54 Å². The number of alkyl carbamates (subject to hydrolysis) is 3. The maximum atomic E-state index is 13.1. The van der Waals surface area contributed by atoms with Gasteiger partial charge in [-0.1, -0.05) is 72.8 Å². The Morgan fingerprint density at radius 1 is 0.783 bits per heavy atom. The lowest BCUT2D eigenvalue weighted by Crippen LogP contribution is -2.52. The second-order valence-corrected chi connectivity index (χ2v) is 11.6. The Kier molecular flexibility index (Phi) is 11.7. The molecule has 0 aromatic heterocycles. The molecule has 0 bridgehead atoms. The summed E-state index contributed by atoms with van der Waals surface area (Å²) in [5.74, 6) is -0.371. The van der Waals surface area contributed by atoms with E-state index >= 15 is 0 Å². The van der Waals surface area contributed by atoms with Crippen molar-refractivity contribution in [2.24, 2.45) is 4.99 Å². The Bertz CT molecular complexity index is 1450. The zero-order chi connectivity index (χ0) is 32.9. The molecule has 0 saturated carbocycles. The number of benzene rings is 3. The number of piperidine rings is 1.